The number of hydrogen-bond acceptors (Lipinski definition) is 5. The molecule has 0 saturated carbocycles. The van der Waals surface area contributed by atoms with E-state index in [4.69, 9.17) is 9.97 Å². The number of benzene rings is 1. The molecule has 0 spiro atoms. The molecule has 0 aliphatic carbocycles. The van der Waals surface area contributed by atoms with Crippen LogP contribution in [0.2, 0.25) is 0 Å². The predicted octanol–water partition coefficient (Wildman–Crippen LogP) is 2.34. The molecule has 1 fully saturated rings. The van der Waals surface area contributed by atoms with Gasteiger partial charge in [-0.3, -0.25) is 4.40 Å². The van der Waals surface area contributed by atoms with Gasteiger partial charge in [-0.05, 0) is 12.6 Å². The van der Waals surface area contributed by atoms with E-state index in [1.165, 1.54) is 11.1 Å². The molecule has 6 heteroatoms. The lowest BCUT2D eigenvalue weighted by atomic mass is 10.00. The van der Waals surface area contributed by atoms with E-state index in [9.17, 15) is 0 Å². The van der Waals surface area contributed by atoms with Crippen LogP contribution in [0.15, 0.2) is 48.8 Å². The number of anilines is 2. The van der Waals surface area contributed by atoms with Crippen molar-refractivity contribution in [2.24, 2.45) is 0 Å². The number of piperazine rings is 1. The Bertz CT molecular complexity index is 967. The number of likely N-dealkylation sites (N-methyl/N-ethyl adjacent to an activating group) is 1. The lowest BCUT2D eigenvalue weighted by molar-refractivity contribution is 0.312. The molecule has 26 heavy (non-hydrogen) atoms. The number of aromatic nitrogens is 3. The van der Waals surface area contributed by atoms with Crippen molar-refractivity contribution in [3.05, 3.63) is 60.1 Å². The second-order valence-corrected chi connectivity index (χ2v) is 6.94. The molecule has 2 aliphatic heterocycles. The van der Waals surface area contributed by atoms with Crippen molar-refractivity contribution in [1.29, 1.82) is 0 Å². The quantitative estimate of drug-likeness (QED) is 0.772. The Balaban J connectivity index is 1.56. The van der Waals surface area contributed by atoms with Gasteiger partial charge in [0.15, 0.2) is 5.65 Å². The van der Waals surface area contributed by atoms with Crippen LogP contribution in [0, 0.1) is 0 Å². The Kier molecular flexibility index (Phi) is 3.64. The first-order valence-corrected chi connectivity index (χ1v) is 9.11. The average molecular weight is 346 g/mol. The largest absolute Gasteiger partial charge is 0.366 e. The topological polar surface area (TPSA) is 48.7 Å². The Hall–Kier alpha value is -2.86. The standard InChI is InChI=1S/C20H22N6/c1-24-9-11-25(12-10-24)18-14-26-17(23-18)13-22-19-16(7-8-21-20(19)26)15-5-3-2-4-6-15/h2-7,13-14,21H,8-12H2,1H3. The highest BCUT2D eigenvalue weighted by molar-refractivity contribution is 5.86. The Morgan fingerprint density at radius 2 is 1.85 bits per heavy atom. The van der Waals surface area contributed by atoms with E-state index in [-0.39, 0.29) is 0 Å². The molecular weight excluding hydrogens is 324 g/mol. The summed E-state index contributed by atoms with van der Waals surface area (Å²) < 4.78 is 2.14. The average Bonchev–Trinajstić information content (AvgIpc) is 3.13. The molecule has 1 N–H and O–H groups in total. The minimum atomic E-state index is 0.792. The fraction of sp³-hybridized carbons (Fsp3) is 0.300. The Morgan fingerprint density at radius 1 is 1.04 bits per heavy atom. The van der Waals surface area contributed by atoms with Crippen LogP contribution in [0.5, 0.6) is 0 Å². The summed E-state index contributed by atoms with van der Waals surface area (Å²) in [4.78, 5) is 14.3. The van der Waals surface area contributed by atoms with Gasteiger partial charge in [0, 0.05) is 38.3 Å². The van der Waals surface area contributed by atoms with Crippen molar-refractivity contribution in [1.82, 2.24) is 19.3 Å². The maximum Gasteiger partial charge on any atom is 0.159 e. The summed E-state index contributed by atoms with van der Waals surface area (Å²) in [5.41, 5.74) is 4.24. The van der Waals surface area contributed by atoms with Gasteiger partial charge in [-0.2, -0.15) is 0 Å². The van der Waals surface area contributed by atoms with Crippen molar-refractivity contribution < 1.29 is 0 Å². The Morgan fingerprint density at radius 3 is 2.65 bits per heavy atom. The first-order chi connectivity index (χ1) is 12.8. The molecule has 4 heterocycles. The fourth-order valence-corrected chi connectivity index (χ4v) is 3.72. The van der Waals surface area contributed by atoms with Gasteiger partial charge >= 0.3 is 0 Å². The van der Waals surface area contributed by atoms with Crippen molar-refractivity contribution in [3.63, 3.8) is 0 Å². The molecule has 0 unspecified atom stereocenters. The van der Waals surface area contributed by atoms with Crippen LogP contribution in [0.4, 0.5) is 11.6 Å². The first kappa shape index (κ1) is 15.4. The normalized spacial score (nSPS) is 17.7. The highest BCUT2D eigenvalue weighted by Gasteiger charge is 2.21. The lowest BCUT2D eigenvalue weighted by Gasteiger charge is -2.32. The van der Waals surface area contributed by atoms with Gasteiger partial charge in [-0.15, -0.1) is 0 Å². The molecule has 0 atom stereocenters. The highest BCUT2D eigenvalue weighted by Crippen LogP contribution is 2.32. The number of imidazole rings is 1. The number of nitrogens with one attached hydrogen (secondary N) is 1. The molecule has 6 nitrogen and oxygen atoms in total. The zero-order chi connectivity index (χ0) is 17.5. The maximum absolute atomic E-state index is 4.82. The first-order valence-electron chi connectivity index (χ1n) is 9.11. The number of fused-ring (bicyclic) bond motifs is 3. The Labute approximate surface area is 152 Å². The van der Waals surface area contributed by atoms with Gasteiger partial charge in [0.05, 0.1) is 12.4 Å². The third-order valence-corrected chi connectivity index (χ3v) is 5.24. The molecule has 2 aromatic heterocycles. The lowest BCUT2D eigenvalue weighted by Crippen LogP contribution is -2.44. The van der Waals surface area contributed by atoms with Gasteiger partial charge in [0.25, 0.3) is 0 Å². The van der Waals surface area contributed by atoms with Gasteiger partial charge < -0.3 is 15.1 Å². The van der Waals surface area contributed by atoms with Gasteiger partial charge in [-0.1, -0.05) is 36.4 Å². The zero-order valence-corrected chi connectivity index (χ0v) is 14.9. The summed E-state index contributed by atoms with van der Waals surface area (Å²) in [7, 11) is 2.17. The predicted molar refractivity (Wildman–Crippen MR) is 105 cm³/mol. The minimum Gasteiger partial charge on any atom is -0.366 e. The molecule has 2 aliphatic rings. The summed E-state index contributed by atoms with van der Waals surface area (Å²) in [5.74, 6) is 2.06. The third kappa shape index (κ3) is 2.54. The molecule has 0 radical (unpaired) electrons. The van der Waals surface area contributed by atoms with Crippen LogP contribution < -0.4 is 10.2 Å². The van der Waals surface area contributed by atoms with E-state index in [0.29, 0.717) is 0 Å². The van der Waals surface area contributed by atoms with Crippen LogP contribution in [0.3, 0.4) is 0 Å². The number of rotatable bonds is 2. The number of nitrogens with zero attached hydrogens (tertiary/aromatic N) is 5. The number of hydrogen-bond donors (Lipinski definition) is 1. The van der Waals surface area contributed by atoms with E-state index < -0.39 is 0 Å². The van der Waals surface area contributed by atoms with E-state index in [2.05, 4.69) is 63.1 Å². The summed E-state index contributed by atoms with van der Waals surface area (Å²) >= 11 is 0. The fourth-order valence-electron chi connectivity index (χ4n) is 3.72. The monoisotopic (exact) mass is 346 g/mol. The van der Waals surface area contributed by atoms with Crippen LogP contribution >= 0.6 is 0 Å². The second-order valence-electron chi connectivity index (χ2n) is 6.94. The smallest absolute Gasteiger partial charge is 0.159 e. The van der Waals surface area contributed by atoms with Gasteiger partial charge in [-0.25, -0.2) is 9.97 Å². The summed E-state index contributed by atoms with van der Waals surface area (Å²) in [6.45, 7) is 4.96. The van der Waals surface area contributed by atoms with Crippen molar-refractivity contribution >= 4 is 22.9 Å². The molecule has 0 bridgehead atoms. The van der Waals surface area contributed by atoms with Crippen LogP contribution in [-0.2, 0) is 0 Å². The van der Waals surface area contributed by atoms with Gasteiger partial charge in [0.1, 0.15) is 17.3 Å². The minimum absolute atomic E-state index is 0.792. The van der Waals surface area contributed by atoms with E-state index >= 15 is 0 Å². The third-order valence-electron chi connectivity index (χ3n) is 5.24. The molecule has 1 aromatic carbocycles. The highest BCUT2D eigenvalue weighted by atomic mass is 15.3. The van der Waals surface area contributed by atoms with Crippen molar-refractivity contribution in [3.8, 4) is 0 Å². The summed E-state index contributed by atoms with van der Waals surface area (Å²) in [6, 6.07) is 10.5. The summed E-state index contributed by atoms with van der Waals surface area (Å²) in [6.07, 6.45) is 6.22. The van der Waals surface area contributed by atoms with Crippen LogP contribution in [-0.4, -0.2) is 59.0 Å². The molecular formula is C20H22N6. The second kappa shape index (κ2) is 6.14. The SMILES string of the molecule is CN1CCN(c2cn3c4c(ncc3n2)C(c2ccccc2)=CCN4)CC1. The van der Waals surface area contributed by atoms with E-state index in [1.807, 2.05) is 12.3 Å². The van der Waals surface area contributed by atoms with E-state index in [0.717, 1.165) is 55.7 Å². The zero-order valence-electron chi connectivity index (χ0n) is 14.9. The summed E-state index contributed by atoms with van der Waals surface area (Å²) in [5, 5.41) is 3.49. The molecule has 1 saturated heterocycles. The van der Waals surface area contributed by atoms with Crippen LogP contribution in [0.25, 0.3) is 11.2 Å². The van der Waals surface area contributed by atoms with Crippen LogP contribution in [0.1, 0.15) is 11.3 Å². The molecule has 132 valence electrons. The van der Waals surface area contributed by atoms with Crippen molar-refractivity contribution in [2.45, 2.75) is 0 Å². The van der Waals surface area contributed by atoms with E-state index in [1.54, 1.807) is 0 Å². The van der Waals surface area contributed by atoms with Gasteiger partial charge in [0.2, 0.25) is 0 Å². The molecule has 3 aromatic rings. The molecule has 5 rings (SSSR count). The van der Waals surface area contributed by atoms with Crippen molar-refractivity contribution in [2.75, 3.05) is 50.0 Å². The maximum atomic E-state index is 4.82. The molecule has 0 amide bonds.